The molecule has 20 heavy (non-hydrogen) atoms. The van der Waals surface area contributed by atoms with Crippen molar-refractivity contribution in [1.29, 1.82) is 0 Å². The Hall–Kier alpha value is -0.760. The first kappa shape index (κ1) is 21.5. The molecule has 0 rings (SSSR count). The van der Waals surface area contributed by atoms with Gasteiger partial charge in [0.2, 0.25) is 0 Å². The van der Waals surface area contributed by atoms with E-state index in [1.807, 2.05) is 21.1 Å². The van der Waals surface area contributed by atoms with Gasteiger partial charge in [0, 0.05) is 5.57 Å². The van der Waals surface area contributed by atoms with Crippen LogP contribution in [0.25, 0.3) is 0 Å². The molecule has 0 saturated carbocycles. The summed E-state index contributed by atoms with van der Waals surface area (Å²) >= 11 is 0. The van der Waals surface area contributed by atoms with Crippen LogP contribution in [0.15, 0.2) is 12.2 Å². The van der Waals surface area contributed by atoms with Crippen LogP contribution in [-0.4, -0.2) is 68.0 Å². The van der Waals surface area contributed by atoms with E-state index in [0.717, 1.165) is 0 Å². The first-order chi connectivity index (χ1) is 8.89. The van der Waals surface area contributed by atoms with Gasteiger partial charge in [-0.05, 0) is 6.92 Å². The quantitative estimate of drug-likeness (QED) is 0.275. The molecule has 0 amide bonds. The van der Waals surface area contributed by atoms with E-state index < -0.39 is 13.8 Å². The van der Waals surface area contributed by atoms with Gasteiger partial charge in [-0.15, -0.1) is 0 Å². The molecule has 1 atom stereocenters. The molecule has 9 heteroatoms. The van der Waals surface area contributed by atoms with Crippen molar-refractivity contribution in [2.24, 2.45) is 0 Å². The number of likely N-dealkylation sites (N-methyl/N-ethyl adjacent to an activating group) is 1. The maximum absolute atomic E-state index is 10.5. The highest BCUT2D eigenvalue weighted by Gasteiger charge is 2.08. The Balaban J connectivity index is 0. The Kier molecular flexibility index (Phi) is 10.8. The lowest BCUT2D eigenvalue weighted by molar-refractivity contribution is -0.870. The number of quaternary nitrogens is 1. The van der Waals surface area contributed by atoms with Crippen LogP contribution in [0.3, 0.4) is 0 Å². The molecule has 8 nitrogen and oxygen atoms in total. The molecule has 0 saturated heterocycles. The molecular weight excluding hydrogens is 289 g/mol. The number of phosphoric acid groups is 1. The van der Waals surface area contributed by atoms with Gasteiger partial charge in [-0.1, -0.05) is 6.58 Å². The molecule has 0 spiro atoms. The summed E-state index contributed by atoms with van der Waals surface area (Å²) in [6.45, 7) is 5.36. The number of esters is 1. The van der Waals surface area contributed by atoms with E-state index in [1.54, 1.807) is 6.92 Å². The van der Waals surface area contributed by atoms with Crippen LogP contribution in [-0.2, 0) is 18.6 Å². The zero-order valence-electron chi connectivity index (χ0n) is 12.4. The number of rotatable bonds is 7. The van der Waals surface area contributed by atoms with Gasteiger partial charge in [-0.25, -0.2) is 4.79 Å². The van der Waals surface area contributed by atoms with Crippen LogP contribution in [0.5, 0.6) is 0 Å². The molecular formula is C11H24NO7P. The predicted octanol–water partition coefficient (Wildman–Crippen LogP) is -0.732. The average Bonchev–Trinajstić information content (AvgIpc) is 2.22. The van der Waals surface area contributed by atoms with Crippen LogP contribution in [0.2, 0.25) is 0 Å². The number of phosphoric ester groups is 1. The molecule has 120 valence electrons. The van der Waals surface area contributed by atoms with E-state index in [-0.39, 0.29) is 19.8 Å². The number of hydrogen-bond acceptors (Lipinski definition) is 6. The third kappa shape index (κ3) is 19.6. The van der Waals surface area contributed by atoms with Crippen LogP contribution in [0.1, 0.15) is 6.92 Å². The number of nitrogens with zero attached hydrogens (tertiary/aromatic N) is 1. The summed E-state index contributed by atoms with van der Waals surface area (Å²) in [4.78, 5) is 28.7. The summed E-state index contributed by atoms with van der Waals surface area (Å²) in [7, 11) is 1.19. The number of ether oxygens (including phenoxy) is 1. The predicted molar refractivity (Wildman–Crippen MR) is 71.5 cm³/mol. The van der Waals surface area contributed by atoms with Crippen LogP contribution < -0.4 is 4.89 Å². The van der Waals surface area contributed by atoms with Gasteiger partial charge in [-0.2, -0.15) is 0 Å². The van der Waals surface area contributed by atoms with Crippen molar-refractivity contribution < 1.29 is 38.0 Å². The Morgan fingerprint density at radius 3 is 2.15 bits per heavy atom. The standard InChI is InChI=1S/C6H10O3.C5H14NO4P/c1-5(2)6(8)9-4-3-7;1-6(2,3)4-5-10-11(7,8)9/h7H,1,3-4H2,2H3;4-5H2,1-3H3,(H-,7,8,9). The van der Waals surface area contributed by atoms with E-state index in [4.69, 9.17) is 10.00 Å². The van der Waals surface area contributed by atoms with Crippen LogP contribution in [0.4, 0.5) is 0 Å². The first-order valence-corrected chi connectivity index (χ1v) is 7.31. The summed E-state index contributed by atoms with van der Waals surface area (Å²) in [5, 5.41) is 8.19. The summed E-state index contributed by atoms with van der Waals surface area (Å²) in [6.07, 6.45) is 0. The maximum Gasteiger partial charge on any atom is 0.333 e. The Morgan fingerprint density at radius 1 is 1.35 bits per heavy atom. The summed E-state index contributed by atoms with van der Waals surface area (Å²) in [6, 6.07) is 0. The van der Waals surface area contributed by atoms with Gasteiger partial charge >= 0.3 is 5.97 Å². The van der Waals surface area contributed by atoms with Crippen LogP contribution >= 0.6 is 7.82 Å². The van der Waals surface area contributed by atoms with Crippen molar-refractivity contribution in [2.45, 2.75) is 6.92 Å². The van der Waals surface area contributed by atoms with Crippen LogP contribution in [0, 0.1) is 0 Å². The highest BCUT2D eigenvalue weighted by molar-refractivity contribution is 7.44. The average molecular weight is 313 g/mol. The molecule has 0 aliphatic heterocycles. The molecule has 0 bridgehead atoms. The molecule has 0 aromatic heterocycles. The molecule has 0 aromatic rings. The van der Waals surface area contributed by atoms with Crippen molar-refractivity contribution in [3.63, 3.8) is 0 Å². The minimum Gasteiger partial charge on any atom is -0.756 e. The van der Waals surface area contributed by atoms with Gasteiger partial charge in [0.05, 0.1) is 27.7 Å². The first-order valence-electron chi connectivity index (χ1n) is 5.81. The fourth-order valence-corrected chi connectivity index (χ4v) is 1.00. The minimum absolute atomic E-state index is 0.0147. The fraction of sp³-hybridized carbons (Fsp3) is 0.727. The second-order valence-electron chi connectivity index (χ2n) is 4.96. The van der Waals surface area contributed by atoms with E-state index in [2.05, 4.69) is 15.8 Å². The molecule has 0 aromatic carbocycles. The molecule has 0 radical (unpaired) electrons. The number of carbonyl (C=O) groups excluding carboxylic acids is 1. The minimum atomic E-state index is -4.51. The Morgan fingerprint density at radius 2 is 1.85 bits per heavy atom. The van der Waals surface area contributed by atoms with Gasteiger partial charge in [0.15, 0.2) is 0 Å². The monoisotopic (exact) mass is 313 g/mol. The van der Waals surface area contributed by atoms with Gasteiger partial charge in [-0.3, -0.25) is 4.57 Å². The second kappa shape index (κ2) is 10.0. The maximum atomic E-state index is 10.5. The smallest absolute Gasteiger partial charge is 0.333 e. The molecule has 0 fully saturated rings. The highest BCUT2D eigenvalue weighted by Crippen LogP contribution is 2.29. The molecule has 1 unspecified atom stereocenters. The Labute approximate surface area is 119 Å². The zero-order chi connectivity index (χ0) is 16.4. The largest absolute Gasteiger partial charge is 0.756 e. The van der Waals surface area contributed by atoms with Gasteiger partial charge in [0.25, 0.3) is 7.82 Å². The van der Waals surface area contributed by atoms with Crippen molar-refractivity contribution >= 4 is 13.8 Å². The number of aliphatic hydroxyl groups excluding tert-OH is 1. The summed E-state index contributed by atoms with van der Waals surface area (Å²) in [5.74, 6) is -0.455. The van der Waals surface area contributed by atoms with Crippen molar-refractivity contribution in [2.75, 3.05) is 47.5 Å². The molecule has 0 aliphatic rings. The summed E-state index contributed by atoms with van der Waals surface area (Å²) < 4.78 is 19.3. The van der Waals surface area contributed by atoms with E-state index in [0.29, 0.717) is 16.6 Å². The van der Waals surface area contributed by atoms with Gasteiger partial charge < -0.3 is 28.6 Å². The van der Waals surface area contributed by atoms with Crippen molar-refractivity contribution in [3.8, 4) is 0 Å². The normalized spacial score (nSPS) is 13.8. The lowest BCUT2D eigenvalue weighted by atomic mass is 10.4. The fourth-order valence-electron chi connectivity index (χ4n) is 0.692. The lowest BCUT2D eigenvalue weighted by Gasteiger charge is -2.25. The van der Waals surface area contributed by atoms with E-state index in [1.165, 1.54) is 0 Å². The topological polar surface area (TPSA) is 116 Å². The number of carbonyl (C=O) groups is 1. The zero-order valence-corrected chi connectivity index (χ0v) is 13.3. The Bertz CT molecular complexity index is 345. The van der Waals surface area contributed by atoms with Crippen molar-refractivity contribution in [3.05, 3.63) is 12.2 Å². The van der Waals surface area contributed by atoms with Gasteiger partial charge in [0.1, 0.15) is 19.8 Å². The molecule has 2 N–H and O–H groups in total. The second-order valence-corrected chi connectivity index (χ2v) is 6.15. The molecule has 0 heterocycles. The number of hydrogen-bond donors (Lipinski definition) is 2. The van der Waals surface area contributed by atoms with Crippen molar-refractivity contribution in [1.82, 2.24) is 0 Å². The SMILES string of the molecule is C=C(C)C(=O)OCCO.C[N+](C)(C)CCOP(=O)([O-])O. The third-order valence-corrected chi connectivity index (χ3v) is 2.20. The molecule has 0 aliphatic carbocycles. The third-order valence-electron chi connectivity index (χ3n) is 1.69. The van der Waals surface area contributed by atoms with E-state index >= 15 is 0 Å². The summed E-state index contributed by atoms with van der Waals surface area (Å²) in [5.41, 5.74) is 0.350. The van der Waals surface area contributed by atoms with E-state index in [9.17, 15) is 14.3 Å². The highest BCUT2D eigenvalue weighted by atomic mass is 31.2. The number of aliphatic hydroxyl groups is 1. The lowest BCUT2D eigenvalue weighted by Crippen LogP contribution is -2.37.